The van der Waals surface area contributed by atoms with Crippen molar-refractivity contribution in [3.63, 3.8) is 0 Å². The first-order valence-corrected chi connectivity index (χ1v) is 3.99. The van der Waals surface area contributed by atoms with E-state index in [-0.39, 0.29) is 15.9 Å². The molecule has 1 aromatic heterocycles. The second-order valence-electron chi connectivity index (χ2n) is 2.21. The summed E-state index contributed by atoms with van der Waals surface area (Å²) in [7, 11) is 0. The molecule has 0 aliphatic rings. The molecule has 0 saturated carbocycles. The third-order valence-corrected chi connectivity index (χ3v) is 2.17. The van der Waals surface area contributed by atoms with Crippen molar-refractivity contribution < 1.29 is 8.78 Å². The number of halogens is 3. The number of nitriles is 1. The average Bonchev–Trinajstić information content (AvgIpc) is 2.09. The van der Waals surface area contributed by atoms with E-state index in [1.165, 1.54) is 0 Å². The number of alkyl halides is 2. The molecule has 1 heterocycles. The minimum Gasteiger partial charge on any atom is -0.398 e. The largest absolute Gasteiger partial charge is 0.398 e. The van der Waals surface area contributed by atoms with Crippen molar-refractivity contribution in [2.75, 3.05) is 5.73 Å². The molecule has 0 aliphatic heterocycles. The maximum Gasteiger partial charge on any atom is 0.280 e. The highest BCUT2D eigenvalue weighted by Crippen LogP contribution is 2.27. The van der Waals surface area contributed by atoms with Crippen LogP contribution in [0.15, 0.2) is 10.5 Å². The Balaban J connectivity index is 3.32. The number of hydrogen-bond donors (Lipinski definition) is 1. The smallest absolute Gasteiger partial charge is 0.280 e. The fourth-order valence-corrected chi connectivity index (χ4v) is 1.05. The summed E-state index contributed by atoms with van der Waals surface area (Å²) in [5.74, 6) is 0. The third-order valence-electron chi connectivity index (χ3n) is 1.34. The lowest BCUT2D eigenvalue weighted by Crippen LogP contribution is -1.98. The molecule has 0 aromatic carbocycles. The Labute approximate surface area is 81.3 Å². The molecule has 0 radical (unpaired) electrons. The predicted octanol–water partition coefficient (Wildman–Crippen LogP) is 2.24. The number of nitrogens with zero attached hydrogens (tertiary/aromatic N) is 2. The summed E-state index contributed by atoms with van der Waals surface area (Å²) in [6, 6.07) is 2.70. The molecule has 13 heavy (non-hydrogen) atoms. The second-order valence-corrected chi connectivity index (χ2v) is 3.00. The van der Waals surface area contributed by atoms with Crippen molar-refractivity contribution in [2.45, 2.75) is 6.43 Å². The normalized spacial score (nSPS) is 10.1. The van der Waals surface area contributed by atoms with Crippen LogP contribution in [-0.4, -0.2) is 4.98 Å². The summed E-state index contributed by atoms with van der Waals surface area (Å²) >= 11 is 2.97. The number of hydrogen-bond acceptors (Lipinski definition) is 3. The van der Waals surface area contributed by atoms with Crippen LogP contribution in [0.25, 0.3) is 0 Å². The van der Waals surface area contributed by atoms with Crippen molar-refractivity contribution in [1.82, 2.24) is 4.98 Å². The van der Waals surface area contributed by atoms with E-state index in [0.717, 1.165) is 6.07 Å². The van der Waals surface area contributed by atoms with Gasteiger partial charge in [0.1, 0.15) is 11.8 Å². The topological polar surface area (TPSA) is 62.7 Å². The molecule has 68 valence electrons. The van der Waals surface area contributed by atoms with Gasteiger partial charge in [0, 0.05) is 0 Å². The lowest BCUT2D eigenvalue weighted by Gasteiger charge is -2.03. The van der Waals surface area contributed by atoms with Gasteiger partial charge in [0.25, 0.3) is 6.43 Å². The summed E-state index contributed by atoms with van der Waals surface area (Å²) < 4.78 is 24.6. The molecule has 0 saturated heterocycles. The van der Waals surface area contributed by atoms with Gasteiger partial charge in [0.05, 0.1) is 10.2 Å². The van der Waals surface area contributed by atoms with Gasteiger partial charge in [-0.25, -0.2) is 13.8 Å². The molecular weight excluding hydrogens is 244 g/mol. The minimum absolute atomic E-state index is 0.0850. The van der Waals surface area contributed by atoms with Crippen LogP contribution in [0.1, 0.15) is 17.8 Å². The van der Waals surface area contributed by atoms with Gasteiger partial charge >= 0.3 is 0 Å². The summed E-state index contributed by atoms with van der Waals surface area (Å²) in [4.78, 5) is 3.41. The van der Waals surface area contributed by atoms with Crippen LogP contribution in [0, 0.1) is 11.3 Å². The van der Waals surface area contributed by atoms with Crippen LogP contribution >= 0.6 is 15.9 Å². The molecular formula is C7H4BrF2N3. The molecule has 0 amide bonds. The van der Waals surface area contributed by atoms with E-state index in [4.69, 9.17) is 11.0 Å². The number of nitrogen functional groups attached to an aromatic ring is 1. The first kappa shape index (κ1) is 9.86. The molecule has 0 atom stereocenters. The molecule has 6 heteroatoms. The first-order chi connectivity index (χ1) is 6.06. The zero-order valence-corrected chi connectivity index (χ0v) is 7.85. The van der Waals surface area contributed by atoms with E-state index in [2.05, 4.69) is 20.9 Å². The second kappa shape index (κ2) is 3.66. The van der Waals surface area contributed by atoms with E-state index in [0.29, 0.717) is 0 Å². The van der Waals surface area contributed by atoms with Crippen LogP contribution < -0.4 is 5.73 Å². The summed E-state index contributed by atoms with van der Waals surface area (Å²) in [6.45, 7) is 0. The molecule has 1 rings (SSSR count). The van der Waals surface area contributed by atoms with E-state index in [1.54, 1.807) is 6.07 Å². The van der Waals surface area contributed by atoms with E-state index in [1.807, 2.05) is 0 Å². The lowest BCUT2D eigenvalue weighted by molar-refractivity contribution is 0.146. The summed E-state index contributed by atoms with van der Waals surface area (Å²) in [5, 5.41) is 8.51. The Kier molecular flexibility index (Phi) is 2.78. The number of anilines is 1. The molecule has 0 aliphatic carbocycles. The SMILES string of the molecule is N#Cc1nc(C(F)F)cc(N)c1Br. The molecule has 0 spiro atoms. The zero-order valence-electron chi connectivity index (χ0n) is 6.26. The number of nitrogens with two attached hydrogens (primary N) is 1. The van der Waals surface area contributed by atoms with Gasteiger partial charge in [-0.3, -0.25) is 0 Å². The van der Waals surface area contributed by atoms with Gasteiger partial charge in [-0.05, 0) is 22.0 Å². The quantitative estimate of drug-likeness (QED) is 0.828. The summed E-state index contributed by atoms with van der Waals surface area (Å²) in [6.07, 6.45) is -2.72. The Morgan fingerprint density at radius 1 is 1.62 bits per heavy atom. The van der Waals surface area contributed by atoms with Crippen LogP contribution in [-0.2, 0) is 0 Å². The molecule has 3 nitrogen and oxygen atoms in total. The Morgan fingerprint density at radius 3 is 2.69 bits per heavy atom. The molecule has 1 aromatic rings. The molecule has 2 N–H and O–H groups in total. The van der Waals surface area contributed by atoms with Crippen molar-refractivity contribution in [3.8, 4) is 6.07 Å². The van der Waals surface area contributed by atoms with Crippen molar-refractivity contribution in [2.24, 2.45) is 0 Å². The maximum absolute atomic E-state index is 12.2. The van der Waals surface area contributed by atoms with Crippen molar-refractivity contribution in [1.29, 1.82) is 5.26 Å². The van der Waals surface area contributed by atoms with Crippen LogP contribution in [0.2, 0.25) is 0 Å². The van der Waals surface area contributed by atoms with E-state index < -0.39 is 12.1 Å². The number of pyridine rings is 1. The fraction of sp³-hybridized carbons (Fsp3) is 0.143. The number of aromatic nitrogens is 1. The zero-order chi connectivity index (χ0) is 10.0. The molecule has 0 fully saturated rings. The third kappa shape index (κ3) is 1.92. The van der Waals surface area contributed by atoms with Crippen molar-refractivity contribution >= 4 is 21.6 Å². The van der Waals surface area contributed by atoms with Crippen LogP contribution in [0.4, 0.5) is 14.5 Å². The van der Waals surface area contributed by atoms with Gasteiger partial charge < -0.3 is 5.73 Å². The van der Waals surface area contributed by atoms with Gasteiger partial charge in [-0.15, -0.1) is 0 Å². The monoisotopic (exact) mass is 247 g/mol. The Morgan fingerprint density at radius 2 is 2.23 bits per heavy atom. The highest BCUT2D eigenvalue weighted by atomic mass is 79.9. The van der Waals surface area contributed by atoms with Gasteiger partial charge in [0.15, 0.2) is 5.69 Å². The number of rotatable bonds is 1. The fourth-order valence-electron chi connectivity index (χ4n) is 0.756. The minimum atomic E-state index is -2.72. The van der Waals surface area contributed by atoms with E-state index in [9.17, 15) is 8.78 Å². The highest BCUT2D eigenvalue weighted by Gasteiger charge is 2.14. The average molecular weight is 248 g/mol. The molecule has 0 bridgehead atoms. The van der Waals surface area contributed by atoms with Crippen LogP contribution in [0.5, 0.6) is 0 Å². The highest BCUT2D eigenvalue weighted by molar-refractivity contribution is 9.10. The lowest BCUT2D eigenvalue weighted by atomic mass is 10.3. The van der Waals surface area contributed by atoms with Gasteiger partial charge in [0.2, 0.25) is 0 Å². The first-order valence-electron chi connectivity index (χ1n) is 3.20. The van der Waals surface area contributed by atoms with Gasteiger partial charge in [-0.2, -0.15) is 5.26 Å². The standard InChI is InChI=1S/C7H4BrF2N3/c8-6-3(12)1-4(7(9)10)13-5(6)2-11/h1,7H,(H2,12,13). The van der Waals surface area contributed by atoms with Crippen molar-refractivity contribution in [3.05, 3.63) is 21.9 Å². The van der Waals surface area contributed by atoms with E-state index >= 15 is 0 Å². The van der Waals surface area contributed by atoms with Gasteiger partial charge in [-0.1, -0.05) is 0 Å². The van der Waals surface area contributed by atoms with Crippen LogP contribution in [0.3, 0.4) is 0 Å². The maximum atomic E-state index is 12.2. The molecule has 0 unspecified atom stereocenters. The Bertz CT molecular complexity index is 373. The summed E-state index contributed by atoms with van der Waals surface area (Å²) in [5.41, 5.74) is 4.83. The predicted molar refractivity (Wildman–Crippen MR) is 46.0 cm³/mol. The Hall–Kier alpha value is -1.22.